The normalized spacial score (nSPS) is 21.7. The first-order chi connectivity index (χ1) is 9.49. The van der Waals surface area contributed by atoms with Gasteiger partial charge in [0.1, 0.15) is 5.82 Å². The van der Waals surface area contributed by atoms with Crippen LogP contribution in [0, 0.1) is 17.7 Å². The zero-order valence-electron chi connectivity index (χ0n) is 10.7. The number of hydrogen-bond acceptors (Lipinski definition) is 2. The second-order valence-corrected chi connectivity index (χ2v) is 5.82. The molecule has 0 saturated heterocycles. The van der Waals surface area contributed by atoms with Crippen LogP contribution in [0.3, 0.4) is 0 Å². The number of halogens is 2. The summed E-state index contributed by atoms with van der Waals surface area (Å²) in [5.74, 6) is -2.14. The minimum Gasteiger partial charge on any atom is -0.481 e. The predicted octanol–water partition coefficient (Wildman–Crippen LogP) is 2.82. The SMILES string of the molecule is O=C(NCC1CCCC1C(=O)O)c1cc(F)ccc1Br. The highest BCUT2D eigenvalue weighted by molar-refractivity contribution is 9.10. The Bertz CT molecular complexity index is 535. The molecule has 0 bridgehead atoms. The van der Waals surface area contributed by atoms with Crippen molar-refractivity contribution >= 4 is 27.8 Å². The molecular weight excluding hydrogens is 329 g/mol. The van der Waals surface area contributed by atoms with Crippen LogP contribution in [0.25, 0.3) is 0 Å². The Kier molecular flexibility index (Phi) is 4.75. The van der Waals surface area contributed by atoms with E-state index in [0.29, 0.717) is 17.4 Å². The fraction of sp³-hybridized carbons (Fsp3) is 0.429. The van der Waals surface area contributed by atoms with Crippen LogP contribution in [0.5, 0.6) is 0 Å². The minimum absolute atomic E-state index is 0.0521. The molecule has 0 heterocycles. The van der Waals surface area contributed by atoms with Gasteiger partial charge in [-0.05, 0) is 52.9 Å². The van der Waals surface area contributed by atoms with Gasteiger partial charge in [-0.15, -0.1) is 0 Å². The summed E-state index contributed by atoms with van der Waals surface area (Å²) >= 11 is 3.20. The number of benzene rings is 1. The van der Waals surface area contributed by atoms with Crippen molar-refractivity contribution in [1.82, 2.24) is 5.32 Å². The molecule has 1 fully saturated rings. The molecule has 1 aliphatic carbocycles. The van der Waals surface area contributed by atoms with E-state index in [4.69, 9.17) is 5.11 Å². The molecule has 4 nitrogen and oxygen atoms in total. The Labute approximate surface area is 124 Å². The molecule has 6 heteroatoms. The van der Waals surface area contributed by atoms with Crippen LogP contribution in [0.2, 0.25) is 0 Å². The van der Waals surface area contributed by atoms with E-state index >= 15 is 0 Å². The Morgan fingerprint density at radius 2 is 2.15 bits per heavy atom. The Morgan fingerprint density at radius 3 is 2.85 bits per heavy atom. The molecule has 2 unspecified atom stereocenters. The molecule has 1 saturated carbocycles. The maximum Gasteiger partial charge on any atom is 0.306 e. The van der Waals surface area contributed by atoms with Crippen LogP contribution in [0.1, 0.15) is 29.6 Å². The molecule has 0 aromatic heterocycles. The largest absolute Gasteiger partial charge is 0.481 e. The summed E-state index contributed by atoms with van der Waals surface area (Å²) in [6, 6.07) is 3.89. The second-order valence-electron chi connectivity index (χ2n) is 4.97. The van der Waals surface area contributed by atoms with Crippen LogP contribution in [0.4, 0.5) is 4.39 Å². The van der Waals surface area contributed by atoms with E-state index in [2.05, 4.69) is 21.2 Å². The van der Waals surface area contributed by atoms with Gasteiger partial charge < -0.3 is 10.4 Å². The quantitative estimate of drug-likeness (QED) is 0.883. The third-order valence-electron chi connectivity index (χ3n) is 3.67. The Morgan fingerprint density at radius 1 is 1.40 bits per heavy atom. The van der Waals surface area contributed by atoms with Crippen molar-refractivity contribution in [2.24, 2.45) is 11.8 Å². The van der Waals surface area contributed by atoms with Gasteiger partial charge in [0.25, 0.3) is 5.91 Å². The van der Waals surface area contributed by atoms with Crippen molar-refractivity contribution in [2.45, 2.75) is 19.3 Å². The first kappa shape index (κ1) is 15.0. The van der Waals surface area contributed by atoms with E-state index in [1.165, 1.54) is 12.1 Å². The van der Waals surface area contributed by atoms with E-state index in [-0.39, 0.29) is 11.5 Å². The summed E-state index contributed by atoms with van der Waals surface area (Å²) < 4.78 is 13.6. The lowest BCUT2D eigenvalue weighted by molar-refractivity contribution is -0.142. The highest BCUT2D eigenvalue weighted by Crippen LogP contribution is 2.31. The number of carboxylic acids is 1. The maximum absolute atomic E-state index is 13.1. The summed E-state index contributed by atoms with van der Waals surface area (Å²) in [7, 11) is 0. The van der Waals surface area contributed by atoms with Gasteiger partial charge in [0.15, 0.2) is 0 Å². The van der Waals surface area contributed by atoms with E-state index in [1.807, 2.05) is 0 Å². The third-order valence-corrected chi connectivity index (χ3v) is 4.37. The van der Waals surface area contributed by atoms with Crippen molar-refractivity contribution < 1.29 is 19.1 Å². The zero-order chi connectivity index (χ0) is 14.7. The number of carboxylic acid groups (broad SMARTS) is 1. The molecule has 2 N–H and O–H groups in total. The van der Waals surface area contributed by atoms with Crippen LogP contribution >= 0.6 is 15.9 Å². The number of amides is 1. The maximum atomic E-state index is 13.1. The minimum atomic E-state index is -0.811. The summed E-state index contributed by atoms with van der Waals surface area (Å²) in [6.45, 7) is 0.304. The topological polar surface area (TPSA) is 66.4 Å². The molecule has 2 rings (SSSR count). The van der Waals surface area contributed by atoms with E-state index in [0.717, 1.165) is 18.9 Å². The van der Waals surface area contributed by atoms with Crippen LogP contribution in [-0.4, -0.2) is 23.5 Å². The monoisotopic (exact) mass is 343 g/mol. The van der Waals surface area contributed by atoms with Crippen molar-refractivity contribution in [1.29, 1.82) is 0 Å². The van der Waals surface area contributed by atoms with Gasteiger partial charge in [-0.2, -0.15) is 0 Å². The second kappa shape index (κ2) is 6.35. The van der Waals surface area contributed by atoms with E-state index in [1.54, 1.807) is 0 Å². The summed E-state index contributed by atoms with van der Waals surface area (Å²) in [5.41, 5.74) is 0.217. The lowest BCUT2D eigenvalue weighted by Crippen LogP contribution is -2.33. The molecule has 1 aromatic carbocycles. The molecule has 0 spiro atoms. The van der Waals surface area contributed by atoms with Gasteiger partial charge in [-0.3, -0.25) is 9.59 Å². The zero-order valence-corrected chi connectivity index (χ0v) is 12.3. The number of aliphatic carboxylic acids is 1. The average molecular weight is 344 g/mol. The smallest absolute Gasteiger partial charge is 0.306 e. The first-order valence-corrected chi connectivity index (χ1v) is 7.24. The molecule has 1 aromatic rings. The predicted molar refractivity (Wildman–Crippen MR) is 74.9 cm³/mol. The number of carbonyl (C=O) groups excluding carboxylic acids is 1. The fourth-order valence-electron chi connectivity index (χ4n) is 2.60. The van der Waals surface area contributed by atoms with Crippen molar-refractivity contribution in [3.8, 4) is 0 Å². The van der Waals surface area contributed by atoms with Crippen LogP contribution in [-0.2, 0) is 4.79 Å². The lowest BCUT2D eigenvalue weighted by atomic mass is 9.96. The van der Waals surface area contributed by atoms with Gasteiger partial charge in [0.05, 0.1) is 11.5 Å². The van der Waals surface area contributed by atoms with E-state index < -0.39 is 23.6 Å². The molecule has 0 radical (unpaired) electrons. The van der Waals surface area contributed by atoms with Gasteiger partial charge in [0, 0.05) is 11.0 Å². The molecule has 1 amide bonds. The van der Waals surface area contributed by atoms with Gasteiger partial charge >= 0.3 is 5.97 Å². The summed E-state index contributed by atoms with van der Waals surface area (Å²) in [5, 5.41) is 11.8. The van der Waals surface area contributed by atoms with Crippen LogP contribution in [0.15, 0.2) is 22.7 Å². The summed E-state index contributed by atoms with van der Waals surface area (Å²) in [6.07, 6.45) is 2.31. The van der Waals surface area contributed by atoms with Crippen molar-refractivity contribution in [3.05, 3.63) is 34.1 Å². The Hall–Kier alpha value is -1.43. The van der Waals surface area contributed by atoms with Gasteiger partial charge in [-0.1, -0.05) is 6.42 Å². The highest BCUT2D eigenvalue weighted by atomic mass is 79.9. The van der Waals surface area contributed by atoms with Crippen molar-refractivity contribution in [3.63, 3.8) is 0 Å². The highest BCUT2D eigenvalue weighted by Gasteiger charge is 2.32. The molecule has 1 aliphatic rings. The molecule has 20 heavy (non-hydrogen) atoms. The summed E-state index contributed by atoms with van der Waals surface area (Å²) in [4.78, 5) is 23.1. The number of nitrogens with one attached hydrogen (secondary N) is 1. The lowest BCUT2D eigenvalue weighted by Gasteiger charge is -2.16. The first-order valence-electron chi connectivity index (χ1n) is 6.45. The number of hydrogen-bond donors (Lipinski definition) is 2. The van der Waals surface area contributed by atoms with Gasteiger partial charge in [0.2, 0.25) is 0 Å². The molecule has 108 valence electrons. The number of rotatable bonds is 4. The Balaban J connectivity index is 1.98. The standard InChI is InChI=1S/C14H15BrFNO3/c15-12-5-4-9(16)6-11(12)13(18)17-7-8-2-1-3-10(8)14(19)20/h4-6,8,10H,1-3,7H2,(H,17,18)(H,19,20). The third kappa shape index (κ3) is 3.36. The molecule has 2 atom stereocenters. The molecule has 0 aliphatic heterocycles. The van der Waals surface area contributed by atoms with Crippen molar-refractivity contribution in [2.75, 3.05) is 6.54 Å². The number of carbonyl (C=O) groups is 2. The van der Waals surface area contributed by atoms with E-state index in [9.17, 15) is 14.0 Å². The van der Waals surface area contributed by atoms with Gasteiger partial charge in [-0.25, -0.2) is 4.39 Å². The van der Waals surface area contributed by atoms with Crippen LogP contribution < -0.4 is 5.32 Å². The fourth-order valence-corrected chi connectivity index (χ4v) is 3.02. The molecular formula is C14H15BrFNO3. The average Bonchev–Trinajstić information content (AvgIpc) is 2.87.